The lowest BCUT2D eigenvalue weighted by Gasteiger charge is -2.28. The molecule has 0 aliphatic heterocycles. The average molecular weight is 498 g/mol. The molecule has 1 atom stereocenters. The first kappa shape index (κ1) is 26.1. The van der Waals surface area contributed by atoms with Crippen molar-refractivity contribution in [2.45, 2.75) is 65.6 Å². The smallest absolute Gasteiger partial charge is 0.258 e. The summed E-state index contributed by atoms with van der Waals surface area (Å²) in [4.78, 5) is 35.2. The van der Waals surface area contributed by atoms with Crippen molar-refractivity contribution < 1.29 is 9.53 Å². The number of rotatable bonds is 8. The summed E-state index contributed by atoms with van der Waals surface area (Å²) in [6.45, 7) is 11.2. The number of carbonyl (C=O) groups excluding carboxylic acids is 1. The second-order valence-corrected chi connectivity index (χ2v) is 10.5. The van der Waals surface area contributed by atoms with E-state index in [9.17, 15) is 9.59 Å². The molecule has 4 rings (SSSR count). The topological polar surface area (TPSA) is 75.3 Å². The highest BCUT2D eigenvalue weighted by atomic mass is 16.5. The molecule has 1 aromatic heterocycles. The van der Waals surface area contributed by atoms with Crippen LogP contribution in [0.2, 0.25) is 0 Å². The molecule has 0 radical (unpaired) electrons. The van der Waals surface area contributed by atoms with Crippen LogP contribution in [0, 0.1) is 0 Å². The zero-order chi connectivity index (χ0) is 26.6. The molecule has 0 saturated carbocycles. The highest BCUT2D eigenvalue weighted by Gasteiger charge is 2.22. The fraction of sp³-hybridized carbons (Fsp3) is 0.323. The molecule has 1 amide bonds. The number of carbonyl (C=O) groups is 1. The van der Waals surface area contributed by atoms with E-state index in [2.05, 4.69) is 42.9 Å². The summed E-state index contributed by atoms with van der Waals surface area (Å²) in [5, 5.41) is 0.538. The maximum Gasteiger partial charge on any atom is 0.258 e. The summed E-state index contributed by atoms with van der Waals surface area (Å²) in [5.74, 6) is 1.18. The molecule has 192 valence electrons. The van der Waals surface area contributed by atoms with E-state index in [1.807, 2.05) is 68.4 Å². The number of benzene rings is 3. The van der Waals surface area contributed by atoms with Crippen molar-refractivity contribution in [2.24, 2.45) is 0 Å². The van der Waals surface area contributed by atoms with Crippen LogP contribution in [0.3, 0.4) is 0 Å². The third-order valence-corrected chi connectivity index (χ3v) is 6.69. The highest BCUT2D eigenvalue weighted by molar-refractivity contribution is 5.94. The quantitative estimate of drug-likeness (QED) is 0.313. The van der Waals surface area contributed by atoms with Crippen LogP contribution in [-0.2, 0) is 18.6 Å². The standard InChI is InChI=1S/C31H35N3O3/c1-6-21(2)34(19-28-32-27-10-8-7-9-26(27)29(35)33-28)30(36)23-13-11-22(12-14-23)20-37-25-17-15-24(16-18-25)31(3,4)5/h7-18,21H,6,19-20H2,1-5H3,(H,32,33,35)/t21-/m0/s1. The normalized spacial score (nSPS) is 12.4. The van der Waals surface area contributed by atoms with Gasteiger partial charge in [-0.15, -0.1) is 0 Å². The lowest BCUT2D eigenvalue weighted by Crippen LogP contribution is -2.38. The van der Waals surface area contributed by atoms with Crippen molar-refractivity contribution in [3.8, 4) is 5.75 Å². The summed E-state index contributed by atoms with van der Waals surface area (Å²) in [7, 11) is 0. The monoisotopic (exact) mass is 497 g/mol. The number of hydrogen-bond donors (Lipinski definition) is 1. The third-order valence-electron chi connectivity index (χ3n) is 6.69. The fourth-order valence-corrected chi connectivity index (χ4v) is 4.15. The minimum absolute atomic E-state index is 0.0247. The van der Waals surface area contributed by atoms with Crippen molar-refractivity contribution in [3.63, 3.8) is 0 Å². The number of aromatic nitrogens is 2. The van der Waals surface area contributed by atoms with Gasteiger partial charge in [0.2, 0.25) is 0 Å². The zero-order valence-corrected chi connectivity index (χ0v) is 22.2. The summed E-state index contributed by atoms with van der Waals surface area (Å²) in [5.41, 5.74) is 3.35. The Labute approximate surface area is 218 Å². The number of nitrogens with zero attached hydrogens (tertiary/aromatic N) is 2. The van der Waals surface area contributed by atoms with Crippen molar-refractivity contribution in [1.82, 2.24) is 14.9 Å². The Morgan fingerprint density at radius 3 is 2.32 bits per heavy atom. The van der Waals surface area contributed by atoms with Crippen LogP contribution >= 0.6 is 0 Å². The first-order chi connectivity index (χ1) is 17.7. The number of amides is 1. The molecule has 0 saturated heterocycles. The van der Waals surface area contributed by atoms with E-state index < -0.39 is 0 Å². The van der Waals surface area contributed by atoms with Gasteiger partial charge in [0.15, 0.2) is 0 Å². The number of fused-ring (bicyclic) bond motifs is 1. The van der Waals surface area contributed by atoms with Crippen molar-refractivity contribution in [1.29, 1.82) is 0 Å². The number of ether oxygens (including phenoxy) is 1. The van der Waals surface area contributed by atoms with E-state index in [0.29, 0.717) is 28.9 Å². The summed E-state index contributed by atoms with van der Waals surface area (Å²) < 4.78 is 5.95. The van der Waals surface area contributed by atoms with Gasteiger partial charge < -0.3 is 14.6 Å². The summed E-state index contributed by atoms with van der Waals surface area (Å²) in [6, 6.07) is 22.9. The molecular formula is C31H35N3O3. The van der Waals surface area contributed by atoms with Crippen LogP contribution < -0.4 is 10.3 Å². The second-order valence-electron chi connectivity index (χ2n) is 10.5. The molecule has 6 nitrogen and oxygen atoms in total. The molecule has 0 spiro atoms. The highest BCUT2D eigenvalue weighted by Crippen LogP contribution is 2.25. The largest absolute Gasteiger partial charge is 0.489 e. The molecule has 0 unspecified atom stereocenters. The molecule has 37 heavy (non-hydrogen) atoms. The number of hydrogen-bond acceptors (Lipinski definition) is 4. The van der Waals surface area contributed by atoms with Gasteiger partial charge in [0.25, 0.3) is 11.5 Å². The lowest BCUT2D eigenvalue weighted by molar-refractivity contribution is 0.0666. The van der Waals surface area contributed by atoms with Gasteiger partial charge >= 0.3 is 0 Å². The molecule has 0 bridgehead atoms. The second kappa shape index (κ2) is 11.0. The van der Waals surface area contributed by atoms with Gasteiger partial charge in [0.05, 0.1) is 17.4 Å². The van der Waals surface area contributed by atoms with Crippen molar-refractivity contribution in [3.05, 3.63) is 106 Å². The Morgan fingerprint density at radius 1 is 1.00 bits per heavy atom. The molecular weight excluding hydrogens is 462 g/mol. The van der Waals surface area contributed by atoms with Gasteiger partial charge in [-0.2, -0.15) is 0 Å². The third kappa shape index (κ3) is 6.26. The molecule has 4 aromatic rings. The molecule has 0 fully saturated rings. The van der Waals surface area contributed by atoms with E-state index in [0.717, 1.165) is 17.7 Å². The summed E-state index contributed by atoms with van der Waals surface area (Å²) in [6.07, 6.45) is 0.781. The van der Waals surface area contributed by atoms with Gasteiger partial charge in [-0.1, -0.05) is 64.1 Å². The molecule has 1 heterocycles. The molecule has 0 aliphatic rings. The minimum atomic E-state index is -0.199. The van der Waals surface area contributed by atoms with Gasteiger partial charge in [0.1, 0.15) is 18.2 Å². The molecule has 1 N–H and O–H groups in total. The average Bonchev–Trinajstić information content (AvgIpc) is 2.90. The number of nitrogens with one attached hydrogen (secondary N) is 1. The molecule has 6 heteroatoms. The predicted molar refractivity (Wildman–Crippen MR) is 148 cm³/mol. The maximum absolute atomic E-state index is 13.5. The zero-order valence-electron chi connectivity index (χ0n) is 22.2. The summed E-state index contributed by atoms with van der Waals surface area (Å²) >= 11 is 0. The van der Waals surface area contributed by atoms with Crippen LogP contribution in [0.4, 0.5) is 0 Å². The van der Waals surface area contributed by atoms with Crippen LogP contribution in [0.1, 0.15) is 68.3 Å². The van der Waals surface area contributed by atoms with Gasteiger partial charge in [-0.3, -0.25) is 9.59 Å². The van der Waals surface area contributed by atoms with E-state index in [4.69, 9.17) is 4.74 Å². The Kier molecular flexibility index (Phi) is 7.77. The minimum Gasteiger partial charge on any atom is -0.489 e. The van der Waals surface area contributed by atoms with E-state index >= 15 is 0 Å². The van der Waals surface area contributed by atoms with Crippen molar-refractivity contribution >= 4 is 16.8 Å². The predicted octanol–water partition coefficient (Wildman–Crippen LogP) is 6.24. The maximum atomic E-state index is 13.5. The van der Waals surface area contributed by atoms with Crippen LogP contribution in [0.25, 0.3) is 10.9 Å². The van der Waals surface area contributed by atoms with Gasteiger partial charge in [0, 0.05) is 11.6 Å². The fourth-order valence-electron chi connectivity index (χ4n) is 4.15. The van der Waals surface area contributed by atoms with Gasteiger partial charge in [-0.05, 0) is 66.3 Å². The van der Waals surface area contributed by atoms with Crippen LogP contribution in [-0.4, -0.2) is 26.8 Å². The van der Waals surface area contributed by atoms with Gasteiger partial charge in [-0.25, -0.2) is 4.98 Å². The molecule has 3 aromatic carbocycles. The Balaban J connectivity index is 1.46. The van der Waals surface area contributed by atoms with E-state index in [1.165, 1.54) is 5.56 Å². The lowest BCUT2D eigenvalue weighted by atomic mass is 9.87. The number of aromatic amines is 1. The van der Waals surface area contributed by atoms with Crippen molar-refractivity contribution in [2.75, 3.05) is 0 Å². The first-order valence-corrected chi connectivity index (χ1v) is 12.8. The Hall–Kier alpha value is -3.93. The first-order valence-electron chi connectivity index (χ1n) is 12.8. The Morgan fingerprint density at radius 2 is 1.68 bits per heavy atom. The Bertz CT molecular complexity index is 1420. The SMILES string of the molecule is CC[C@H](C)N(Cc1nc2ccccc2c(=O)[nH]1)C(=O)c1ccc(COc2ccc(C(C)(C)C)cc2)cc1. The van der Waals surface area contributed by atoms with Crippen LogP contribution in [0.5, 0.6) is 5.75 Å². The number of H-pyrrole nitrogens is 1. The van der Waals surface area contributed by atoms with E-state index in [1.54, 1.807) is 11.0 Å². The number of para-hydroxylation sites is 1. The van der Waals surface area contributed by atoms with Crippen LogP contribution in [0.15, 0.2) is 77.6 Å². The van der Waals surface area contributed by atoms with E-state index in [-0.39, 0.29) is 29.5 Å². The molecule has 0 aliphatic carbocycles.